The zero-order valence-electron chi connectivity index (χ0n) is 36.5. The van der Waals surface area contributed by atoms with Crippen molar-refractivity contribution in [2.75, 3.05) is 0 Å². The number of hydrogen-bond acceptors (Lipinski definition) is 0. The van der Waals surface area contributed by atoms with Crippen molar-refractivity contribution < 1.29 is 0 Å². The third-order valence-electron chi connectivity index (χ3n) is 11.4. The van der Waals surface area contributed by atoms with Crippen molar-refractivity contribution in [1.29, 1.82) is 0 Å². The van der Waals surface area contributed by atoms with Crippen LogP contribution in [0.15, 0.2) is 0 Å². The van der Waals surface area contributed by atoms with Crippen LogP contribution in [-0.2, 0) is 0 Å². The Labute approximate surface area is 322 Å². The van der Waals surface area contributed by atoms with Crippen LogP contribution in [-0.4, -0.2) is 0 Å². The van der Waals surface area contributed by atoms with Crippen LogP contribution in [0.5, 0.6) is 0 Å². The van der Waals surface area contributed by atoms with E-state index in [0.717, 1.165) is 0 Å². The van der Waals surface area contributed by atoms with Crippen molar-refractivity contribution in [2.45, 2.75) is 323 Å². The molecule has 0 aliphatic heterocycles. The summed E-state index contributed by atoms with van der Waals surface area (Å²) in [6, 6.07) is 0. The molecule has 0 spiro atoms. The Morgan fingerprint density at radius 2 is 0.160 bits per heavy atom. The molecular formula is C50H104. The largest absolute Gasteiger partial charge is 0.0654 e. The first-order valence-corrected chi connectivity index (χ1v) is 24.8. The van der Waals surface area contributed by atoms with Gasteiger partial charge >= 0.3 is 0 Å². The van der Waals surface area contributed by atoms with E-state index in [0.29, 0.717) is 0 Å². The van der Waals surface area contributed by atoms with Gasteiger partial charge in [-0.1, -0.05) is 323 Å². The fourth-order valence-corrected chi connectivity index (χ4v) is 7.72. The molecule has 0 rings (SSSR count). The van der Waals surface area contributed by atoms with E-state index in [1.165, 1.54) is 295 Å². The van der Waals surface area contributed by atoms with Gasteiger partial charge in [-0.3, -0.25) is 0 Å². The van der Waals surface area contributed by atoms with Crippen LogP contribution in [0.2, 0.25) is 0 Å². The maximum Gasteiger partial charge on any atom is -0.0533 e. The second kappa shape index (κ2) is 53.4. The summed E-state index contributed by atoms with van der Waals surface area (Å²) in [6.07, 6.45) is 67.8. The van der Waals surface area contributed by atoms with Gasteiger partial charge < -0.3 is 0 Å². The summed E-state index contributed by atoms with van der Waals surface area (Å²) in [5, 5.41) is 0. The minimum Gasteiger partial charge on any atom is -0.0654 e. The third-order valence-corrected chi connectivity index (χ3v) is 11.4. The lowest BCUT2D eigenvalue weighted by molar-refractivity contribution is 0.519. The molecule has 0 nitrogen and oxygen atoms in total. The lowest BCUT2D eigenvalue weighted by Crippen LogP contribution is -1.84. The van der Waals surface area contributed by atoms with Gasteiger partial charge in [0.1, 0.15) is 0 Å². The minimum absolute atomic E-state index is 1.37. The molecular weight excluding hydrogens is 601 g/mol. The summed E-state index contributed by atoms with van der Waals surface area (Å²) >= 11 is 0. The maximum absolute atomic E-state index is 2.30. The lowest BCUT2D eigenvalue weighted by Gasteiger charge is -2.04. The van der Waals surface area contributed by atoms with Gasteiger partial charge in [0.05, 0.1) is 0 Å². The molecule has 0 bridgehead atoms. The maximum atomic E-state index is 2.30. The second-order valence-corrected chi connectivity index (χ2v) is 16.8. The summed E-state index contributed by atoms with van der Waals surface area (Å²) in [5.41, 5.74) is 0. The molecule has 0 fully saturated rings. The van der Waals surface area contributed by atoms with Gasteiger partial charge in [-0.15, -0.1) is 0 Å². The van der Waals surface area contributed by atoms with Crippen molar-refractivity contribution >= 4 is 0 Å². The van der Waals surface area contributed by atoms with Crippen molar-refractivity contribution in [2.24, 2.45) is 0 Å². The zero-order valence-corrected chi connectivity index (χ0v) is 36.5. The molecule has 0 heterocycles. The fraction of sp³-hybridized carbons (Fsp3) is 1.00. The Balaban J connectivity index is 0. The summed E-state index contributed by atoms with van der Waals surface area (Å²) in [6.45, 7) is 9.21. The molecule has 0 heteroatoms. The molecule has 0 saturated heterocycles. The highest BCUT2D eigenvalue weighted by atomic mass is 14.0. The SMILES string of the molecule is CCCCCCCCCCCCCCCCCCCCCCCCC.CCCCCCCCCCCCCCCCCCCCCCCCC. The van der Waals surface area contributed by atoms with Gasteiger partial charge in [0.15, 0.2) is 0 Å². The van der Waals surface area contributed by atoms with Crippen LogP contribution < -0.4 is 0 Å². The molecule has 304 valence electrons. The van der Waals surface area contributed by atoms with Gasteiger partial charge in [-0.25, -0.2) is 0 Å². The van der Waals surface area contributed by atoms with Crippen molar-refractivity contribution in [1.82, 2.24) is 0 Å². The summed E-state index contributed by atoms with van der Waals surface area (Å²) in [5.74, 6) is 0. The van der Waals surface area contributed by atoms with E-state index in [1.807, 2.05) is 0 Å². The standard InChI is InChI=1S/2C25H52/c2*1-3-5-7-9-11-13-15-17-19-21-23-25-24-22-20-18-16-14-12-10-8-6-4-2/h2*3-25H2,1-2H3. The molecule has 0 saturated carbocycles. The highest BCUT2D eigenvalue weighted by Gasteiger charge is 1.97. The Morgan fingerprint density at radius 1 is 0.100 bits per heavy atom. The molecule has 0 aliphatic carbocycles. The lowest BCUT2D eigenvalue weighted by atomic mass is 10.0. The predicted octanol–water partition coefficient (Wildman–Crippen LogP) is 20.0. The average Bonchev–Trinajstić information content (AvgIpc) is 3.13. The molecule has 0 aromatic rings. The first-order valence-electron chi connectivity index (χ1n) is 24.8. The monoisotopic (exact) mass is 705 g/mol. The topological polar surface area (TPSA) is 0 Å². The molecule has 0 amide bonds. The predicted molar refractivity (Wildman–Crippen MR) is 235 cm³/mol. The molecule has 0 radical (unpaired) electrons. The van der Waals surface area contributed by atoms with E-state index >= 15 is 0 Å². The molecule has 0 N–H and O–H groups in total. The first kappa shape index (κ1) is 52.1. The molecule has 0 unspecified atom stereocenters. The molecule has 0 aromatic carbocycles. The van der Waals surface area contributed by atoms with Gasteiger partial charge in [0.25, 0.3) is 0 Å². The fourth-order valence-electron chi connectivity index (χ4n) is 7.72. The Bertz CT molecular complexity index is 418. The van der Waals surface area contributed by atoms with Crippen LogP contribution in [0.4, 0.5) is 0 Å². The summed E-state index contributed by atoms with van der Waals surface area (Å²) in [4.78, 5) is 0. The van der Waals surface area contributed by atoms with E-state index in [1.54, 1.807) is 0 Å². The second-order valence-electron chi connectivity index (χ2n) is 16.8. The summed E-state index contributed by atoms with van der Waals surface area (Å²) < 4.78 is 0. The Morgan fingerprint density at radius 3 is 0.220 bits per heavy atom. The van der Waals surface area contributed by atoms with Gasteiger partial charge in [-0.05, 0) is 0 Å². The zero-order chi connectivity index (χ0) is 36.5. The Kier molecular flexibility index (Phi) is 55.6. The highest BCUT2D eigenvalue weighted by molar-refractivity contribution is 4.53. The van der Waals surface area contributed by atoms with E-state index in [2.05, 4.69) is 27.7 Å². The molecule has 0 aliphatic rings. The molecule has 50 heavy (non-hydrogen) atoms. The van der Waals surface area contributed by atoms with Crippen LogP contribution in [0.1, 0.15) is 323 Å². The number of unbranched alkanes of at least 4 members (excludes halogenated alkanes) is 44. The van der Waals surface area contributed by atoms with Crippen LogP contribution in [0, 0.1) is 0 Å². The van der Waals surface area contributed by atoms with Gasteiger partial charge in [0, 0.05) is 0 Å². The number of hydrogen-bond donors (Lipinski definition) is 0. The normalized spacial score (nSPS) is 11.3. The third kappa shape index (κ3) is 54.8. The van der Waals surface area contributed by atoms with Crippen molar-refractivity contribution in [3.05, 3.63) is 0 Å². The van der Waals surface area contributed by atoms with E-state index < -0.39 is 0 Å². The minimum atomic E-state index is 1.37. The van der Waals surface area contributed by atoms with Crippen LogP contribution >= 0.6 is 0 Å². The first-order chi connectivity index (χ1) is 24.8. The van der Waals surface area contributed by atoms with Gasteiger partial charge in [0.2, 0.25) is 0 Å². The average molecular weight is 705 g/mol. The van der Waals surface area contributed by atoms with Crippen molar-refractivity contribution in [3.8, 4) is 0 Å². The highest BCUT2D eigenvalue weighted by Crippen LogP contribution is 2.17. The van der Waals surface area contributed by atoms with Crippen LogP contribution in [0.25, 0.3) is 0 Å². The van der Waals surface area contributed by atoms with E-state index in [4.69, 9.17) is 0 Å². The molecule has 0 atom stereocenters. The van der Waals surface area contributed by atoms with Crippen LogP contribution in [0.3, 0.4) is 0 Å². The molecule has 0 aromatic heterocycles. The quantitative estimate of drug-likeness (QED) is 0.0554. The Hall–Kier alpha value is 0. The van der Waals surface area contributed by atoms with Gasteiger partial charge in [-0.2, -0.15) is 0 Å². The number of rotatable bonds is 44. The smallest absolute Gasteiger partial charge is 0.0533 e. The van der Waals surface area contributed by atoms with E-state index in [-0.39, 0.29) is 0 Å². The van der Waals surface area contributed by atoms with Crippen molar-refractivity contribution in [3.63, 3.8) is 0 Å². The van der Waals surface area contributed by atoms with E-state index in [9.17, 15) is 0 Å². The summed E-state index contributed by atoms with van der Waals surface area (Å²) in [7, 11) is 0.